The van der Waals surface area contributed by atoms with Crippen molar-refractivity contribution in [1.82, 2.24) is 15.0 Å². The highest BCUT2D eigenvalue weighted by Crippen LogP contribution is 2.25. The van der Waals surface area contributed by atoms with E-state index in [9.17, 15) is 0 Å². The molecule has 0 amide bonds. The van der Waals surface area contributed by atoms with Crippen molar-refractivity contribution >= 4 is 23.7 Å². The van der Waals surface area contributed by atoms with Crippen molar-refractivity contribution in [2.45, 2.75) is 44.8 Å². The Balaban J connectivity index is 1.96. The Morgan fingerprint density at radius 2 is 1.95 bits per heavy atom. The van der Waals surface area contributed by atoms with Crippen LogP contribution in [0.25, 0.3) is 0 Å². The number of rotatable bonds is 8. The van der Waals surface area contributed by atoms with Crippen LogP contribution in [0.2, 0.25) is 0 Å². The second kappa shape index (κ2) is 8.92. The van der Waals surface area contributed by atoms with Crippen LogP contribution < -0.4 is 15.4 Å². The van der Waals surface area contributed by atoms with E-state index < -0.39 is 0 Å². The van der Waals surface area contributed by atoms with E-state index in [1.165, 1.54) is 25.0 Å². The van der Waals surface area contributed by atoms with Crippen molar-refractivity contribution in [3.63, 3.8) is 0 Å². The summed E-state index contributed by atoms with van der Waals surface area (Å²) in [5.74, 6) is 2.43. The molecule has 2 N–H and O–H groups in total. The molecule has 1 aliphatic rings. The predicted octanol–water partition coefficient (Wildman–Crippen LogP) is 2.79. The molecular weight excluding hydrogens is 286 g/mol. The zero-order chi connectivity index (χ0) is 14.9. The molecule has 0 aromatic carbocycles. The minimum atomic E-state index is 0.380. The molecule has 1 saturated heterocycles. The van der Waals surface area contributed by atoms with Gasteiger partial charge in [0.05, 0.1) is 6.61 Å². The van der Waals surface area contributed by atoms with Gasteiger partial charge in [0, 0.05) is 18.3 Å². The molecule has 0 bridgehead atoms. The Hall–Kier alpha value is -1.24. The van der Waals surface area contributed by atoms with Crippen LogP contribution in [0.5, 0.6) is 6.01 Å². The van der Waals surface area contributed by atoms with Gasteiger partial charge in [-0.2, -0.15) is 26.7 Å². The quantitative estimate of drug-likeness (QED) is 0.765. The van der Waals surface area contributed by atoms with Gasteiger partial charge in [0.25, 0.3) is 0 Å². The average Bonchev–Trinajstić information content (AvgIpc) is 2.52. The van der Waals surface area contributed by atoms with Crippen molar-refractivity contribution in [3.05, 3.63) is 0 Å². The van der Waals surface area contributed by atoms with E-state index in [1.807, 2.05) is 18.7 Å². The summed E-state index contributed by atoms with van der Waals surface area (Å²) < 4.78 is 5.41. The molecule has 0 saturated carbocycles. The van der Waals surface area contributed by atoms with Gasteiger partial charge in [-0.15, -0.1) is 0 Å². The molecule has 1 aromatic rings. The maximum atomic E-state index is 5.41. The second-order valence-electron chi connectivity index (χ2n) is 4.99. The molecule has 2 heterocycles. The van der Waals surface area contributed by atoms with Crippen LogP contribution in [0.15, 0.2) is 0 Å². The van der Waals surface area contributed by atoms with Crippen LogP contribution in [0.1, 0.15) is 39.5 Å². The average molecular weight is 311 g/mol. The number of thioether (sulfide) groups is 1. The lowest BCUT2D eigenvalue weighted by Gasteiger charge is -2.21. The van der Waals surface area contributed by atoms with Gasteiger partial charge in [0.15, 0.2) is 0 Å². The van der Waals surface area contributed by atoms with Crippen LogP contribution in [0.3, 0.4) is 0 Å². The van der Waals surface area contributed by atoms with Crippen LogP contribution >= 0.6 is 11.8 Å². The van der Waals surface area contributed by atoms with E-state index in [-0.39, 0.29) is 0 Å². The largest absolute Gasteiger partial charge is 0.464 e. The highest BCUT2D eigenvalue weighted by molar-refractivity contribution is 7.99. The van der Waals surface area contributed by atoms with Crippen LogP contribution in [-0.4, -0.2) is 45.7 Å². The first-order valence-electron chi connectivity index (χ1n) is 7.80. The van der Waals surface area contributed by atoms with Gasteiger partial charge >= 0.3 is 6.01 Å². The molecule has 0 spiro atoms. The Morgan fingerprint density at radius 3 is 2.62 bits per heavy atom. The summed E-state index contributed by atoms with van der Waals surface area (Å²) in [5.41, 5.74) is 0. The first-order chi connectivity index (χ1) is 10.3. The molecule has 1 atom stereocenters. The molecular formula is C14H25N5OS. The molecule has 1 aliphatic heterocycles. The van der Waals surface area contributed by atoms with E-state index in [4.69, 9.17) is 4.74 Å². The van der Waals surface area contributed by atoms with Crippen LogP contribution in [0, 0.1) is 0 Å². The zero-order valence-corrected chi connectivity index (χ0v) is 13.7. The monoisotopic (exact) mass is 311 g/mol. The van der Waals surface area contributed by atoms with E-state index in [2.05, 4.69) is 32.5 Å². The number of aromatic nitrogens is 3. The molecule has 0 aliphatic carbocycles. The lowest BCUT2D eigenvalue weighted by Crippen LogP contribution is -2.21. The lowest BCUT2D eigenvalue weighted by atomic mass is 10.2. The molecule has 6 nitrogen and oxygen atoms in total. The van der Waals surface area contributed by atoms with Crippen molar-refractivity contribution in [2.75, 3.05) is 36.1 Å². The first-order valence-corrected chi connectivity index (χ1v) is 8.85. The van der Waals surface area contributed by atoms with Crippen LogP contribution in [0.4, 0.5) is 11.9 Å². The lowest BCUT2D eigenvalue weighted by molar-refractivity contribution is 0.312. The maximum absolute atomic E-state index is 5.41. The summed E-state index contributed by atoms with van der Waals surface area (Å²) in [4.78, 5) is 13.0. The topological polar surface area (TPSA) is 72.0 Å². The van der Waals surface area contributed by atoms with Crippen LogP contribution in [-0.2, 0) is 0 Å². The molecule has 118 valence electrons. The minimum Gasteiger partial charge on any atom is -0.464 e. The number of nitrogens with zero attached hydrogens (tertiary/aromatic N) is 3. The predicted molar refractivity (Wildman–Crippen MR) is 88.4 cm³/mol. The van der Waals surface area contributed by atoms with Gasteiger partial charge in [0.1, 0.15) is 0 Å². The van der Waals surface area contributed by atoms with E-state index in [0.29, 0.717) is 29.8 Å². The summed E-state index contributed by atoms with van der Waals surface area (Å²) in [6, 6.07) is 0.380. The number of hydrogen-bond donors (Lipinski definition) is 2. The molecule has 7 heteroatoms. The first kappa shape index (κ1) is 16.1. The fraction of sp³-hybridized carbons (Fsp3) is 0.786. The van der Waals surface area contributed by atoms with Gasteiger partial charge in [-0.1, -0.05) is 13.3 Å². The van der Waals surface area contributed by atoms with Gasteiger partial charge in [-0.05, 0) is 31.9 Å². The summed E-state index contributed by atoms with van der Waals surface area (Å²) in [6.07, 6.45) is 4.95. The van der Waals surface area contributed by atoms with E-state index in [0.717, 1.165) is 19.5 Å². The van der Waals surface area contributed by atoms with Gasteiger partial charge in [-0.25, -0.2) is 0 Å². The fourth-order valence-corrected chi connectivity index (χ4v) is 3.36. The highest BCUT2D eigenvalue weighted by atomic mass is 32.2. The Labute approximate surface area is 130 Å². The van der Waals surface area contributed by atoms with Gasteiger partial charge < -0.3 is 15.4 Å². The smallest absolute Gasteiger partial charge is 0.323 e. The van der Waals surface area contributed by atoms with Crippen molar-refractivity contribution in [2.24, 2.45) is 0 Å². The molecule has 0 radical (unpaired) electrons. The normalized spacial score (nSPS) is 18.3. The molecule has 1 aromatic heterocycles. The Morgan fingerprint density at radius 1 is 1.14 bits per heavy atom. The Kier molecular flexibility index (Phi) is 6.85. The minimum absolute atomic E-state index is 0.380. The van der Waals surface area contributed by atoms with Gasteiger partial charge in [-0.3, -0.25) is 0 Å². The van der Waals surface area contributed by atoms with Crippen molar-refractivity contribution < 1.29 is 4.74 Å². The third-order valence-electron chi connectivity index (χ3n) is 3.18. The molecule has 1 unspecified atom stereocenters. The summed E-state index contributed by atoms with van der Waals surface area (Å²) in [6.45, 7) is 6.32. The third kappa shape index (κ3) is 5.57. The maximum Gasteiger partial charge on any atom is 0.323 e. The Bertz CT molecular complexity index is 426. The van der Waals surface area contributed by atoms with Gasteiger partial charge in [0.2, 0.25) is 11.9 Å². The summed E-state index contributed by atoms with van der Waals surface area (Å²) in [7, 11) is 0. The standard InChI is InChI=1S/C14H25N5OS/c1-3-8-15-12-17-13(19-14(18-12)20-4-2)16-10-11-7-5-6-9-21-11/h11H,3-10H2,1-2H3,(H2,15,16,17,18,19). The summed E-state index contributed by atoms with van der Waals surface area (Å²) >= 11 is 2.03. The third-order valence-corrected chi connectivity index (χ3v) is 4.58. The van der Waals surface area contributed by atoms with Crippen molar-refractivity contribution in [3.8, 4) is 6.01 Å². The molecule has 2 rings (SSSR count). The number of nitrogens with one attached hydrogen (secondary N) is 2. The summed E-state index contributed by atoms with van der Waals surface area (Å²) in [5, 5.41) is 7.16. The van der Waals surface area contributed by atoms with E-state index in [1.54, 1.807) is 0 Å². The SMILES string of the molecule is CCCNc1nc(NCC2CCCCS2)nc(OCC)n1. The number of ether oxygens (including phenoxy) is 1. The molecule has 1 fully saturated rings. The zero-order valence-electron chi connectivity index (χ0n) is 12.9. The number of anilines is 2. The van der Waals surface area contributed by atoms with E-state index >= 15 is 0 Å². The second-order valence-corrected chi connectivity index (χ2v) is 6.40. The fourth-order valence-electron chi connectivity index (χ4n) is 2.12. The van der Waals surface area contributed by atoms with Crippen molar-refractivity contribution in [1.29, 1.82) is 0 Å². The highest BCUT2D eigenvalue weighted by Gasteiger charge is 2.14. The molecule has 21 heavy (non-hydrogen) atoms. The number of hydrogen-bond acceptors (Lipinski definition) is 7.